The molecule has 0 radical (unpaired) electrons. The molecule has 2 heterocycles. The third-order valence-electron chi connectivity index (χ3n) is 2.94. The largest absolute Gasteiger partial charge is 0.384 e. The monoisotopic (exact) mass is 199 g/mol. The van der Waals surface area contributed by atoms with E-state index in [1.54, 1.807) is 0 Å². The van der Waals surface area contributed by atoms with Crippen LogP contribution in [0.15, 0.2) is 30.5 Å². The molecule has 0 amide bonds. The number of nitrogens with zero attached hydrogens (tertiary/aromatic N) is 2. The van der Waals surface area contributed by atoms with Crippen LogP contribution in [0.1, 0.15) is 5.56 Å². The molecule has 1 aromatic carbocycles. The van der Waals surface area contributed by atoms with Crippen LogP contribution in [0.4, 0.5) is 5.69 Å². The van der Waals surface area contributed by atoms with Crippen LogP contribution in [0.3, 0.4) is 0 Å². The highest BCUT2D eigenvalue weighted by atomic mass is 15.3. The topological polar surface area (TPSA) is 29.9 Å². The molecule has 0 unspecified atom stereocenters. The van der Waals surface area contributed by atoms with Crippen molar-refractivity contribution in [3.8, 4) is 11.3 Å². The van der Waals surface area contributed by atoms with Gasteiger partial charge in [0.25, 0.3) is 0 Å². The molecule has 0 saturated heterocycles. The zero-order valence-electron chi connectivity index (χ0n) is 8.70. The Morgan fingerprint density at radius 1 is 1.33 bits per heavy atom. The molecule has 3 rings (SSSR count). The number of fused-ring (bicyclic) bond motifs is 1. The molecular formula is C12H13N3. The van der Waals surface area contributed by atoms with Gasteiger partial charge in [0.15, 0.2) is 0 Å². The second-order valence-electron chi connectivity index (χ2n) is 3.89. The number of aryl methyl sites for hydroxylation is 1. The molecule has 3 nitrogen and oxygen atoms in total. The fourth-order valence-electron chi connectivity index (χ4n) is 2.11. The average Bonchev–Trinajstić information content (AvgIpc) is 2.84. The average molecular weight is 199 g/mol. The summed E-state index contributed by atoms with van der Waals surface area (Å²) in [5.41, 5.74) is 5.07. The van der Waals surface area contributed by atoms with Crippen LogP contribution in [0.5, 0.6) is 0 Å². The number of benzene rings is 1. The lowest BCUT2D eigenvalue weighted by Gasteiger charge is -2.05. The van der Waals surface area contributed by atoms with Crippen LogP contribution >= 0.6 is 0 Å². The number of nitrogens with one attached hydrogen (secondary N) is 1. The Morgan fingerprint density at radius 3 is 3.07 bits per heavy atom. The first-order valence-corrected chi connectivity index (χ1v) is 5.20. The van der Waals surface area contributed by atoms with Crippen LogP contribution in [-0.2, 0) is 13.5 Å². The van der Waals surface area contributed by atoms with Gasteiger partial charge >= 0.3 is 0 Å². The van der Waals surface area contributed by atoms with Gasteiger partial charge in [0.2, 0.25) is 0 Å². The molecular weight excluding hydrogens is 186 g/mol. The van der Waals surface area contributed by atoms with Gasteiger partial charge in [-0.25, -0.2) is 0 Å². The van der Waals surface area contributed by atoms with E-state index in [4.69, 9.17) is 0 Å². The van der Waals surface area contributed by atoms with Crippen molar-refractivity contribution in [2.24, 2.45) is 7.05 Å². The molecule has 0 aliphatic carbocycles. The molecule has 2 aromatic rings. The van der Waals surface area contributed by atoms with Gasteiger partial charge < -0.3 is 5.32 Å². The molecule has 1 aromatic heterocycles. The fourth-order valence-corrected chi connectivity index (χ4v) is 2.11. The summed E-state index contributed by atoms with van der Waals surface area (Å²) in [6.45, 7) is 1.06. The molecule has 0 fully saturated rings. The predicted molar refractivity (Wildman–Crippen MR) is 60.8 cm³/mol. The van der Waals surface area contributed by atoms with E-state index in [1.165, 1.54) is 16.8 Å². The Kier molecular flexibility index (Phi) is 1.78. The Morgan fingerprint density at radius 2 is 2.27 bits per heavy atom. The van der Waals surface area contributed by atoms with Gasteiger partial charge in [-0.3, -0.25) is 4.68 Å². The summed E-state index contributed by atoms with van der Waals surface area (Å²) < 4.78 is 1.90. The van der Waals surface area contributed by atoms with Gasteiger partial charge in [0, 0.05) is 31.0 Å². The molecule has 0 atom stereocenters. The van der Waals surface area contributed by atoms with Crippen molar-refractivity contribution in [2.75, 3.05) is 11.9 Å². The Labute approximate surface area is 88.7 Å². The Bertz CT molecular complexity index is 499. The highest BCUT2D eigenvalue weighted by molar-refractivity contribution is 5.69. The second-order valence-corrected chi connectivity index (χ2v) is 3.89. The Balaban J connectivity index is 2.11. The number of aromatic nitrogens is 2. The molecule has 1 aliphatic rings. The number of anilines is 1. The third kappa shape index (κ3) is 1.31. The number of rotatable bonds is 1. The standard InChI is InChI=1S/C12H13N3/c1-15-12(5-7-14-15)10-3-2-9-4-6-13-11(9)8-10/h2-3,5,7-8,13H,4,6H2,1H3. The summed E-state index contributed by atoms with van der Waals surface area (Å²) in [5.74, 6) is 0. The lowest BCUT2D eigenvalue weighted by molar-refractivity contribution is 0.776. The van der Waals surface area contributed by atoms with Gasteiger partial charge in [-0.1, -0.05) is 12.1 Å². The van der Waals surface area contributed by atoms with E-state index >= 15 is 0 Å². The van der Waals surface area contributed by atoms with E-state index < -0.39 is 0 Å². The first-order chi connectivity index (χ1) is 7.34. The van der Waals surface area contributed by atoms with Crippen molar-refractivity contribution in [2.45, 2.75) is 6.42 Å². The van der Waals surface area contributed by atoms with Crippen LogP contribution in [0.25, 0.3) is 11.3 Å². The normalized spacial score (nSPS) is 13.7. The summed E-state index contributed by atoms with van der Waals surface area (Å²) in [7, 11) is 1.97. The first-order valence-electron chi connectivity index (χ1n) is 5.20. The zero-order valence-corrected chi connectivity index (χ0v) is 8.70. The summed E-state index contributed by atoms with van der Waals surface area (Å²) in [4.78, 5) is 0. The van der Waals surface area contributed by atoms with Crippen molar-refractivity contribution in [3.05, 3.63) is 36.0 Å². The smallest absolute Gasteiger partial charge is 0.0679 e. The van der Waals surface area contributed by atoms with Crippen LogP contribution < -0.4 is 5.32 Å². The van der Waals surface area contributed by atoms with E-state index in [1.807, 2.05) is 24.0 Å². The minimum atomic E-state index is 1.06. The molecule has 0 bridgehead atoms. The van der Waals surface area contributed by atoms with Gasteiger partial charge in [-0.05, 0) is 24.1 Å². The van der Waals surface area contributed by atoms with Crippen molar-refractivity contribution < 1.29 is 0 Å². The summed E-state index contributed by atoms with van der Waals surface area (Å²) >= 11 is 0. The molecule has 1 N–H and O–H groups in total. The van der Waals surface area contributed by atoms with Gasteiger partial charge in [-0.15, -0.1) is 0 Å². The maximum atomic E-state index is 4.18. The van der Waals surface area contributed by atoms with E-state index in [9.17, 15) is 0 Å². The van der Waals surface area contributed by atoms with Crippen LogP contribution in [-0.4, -0.2) is 16.3 Å². The van der Waals surface area contributed by atoms with Crippen molar-refractivity contribution >= 4 is 5.69 Å². The maximum absolute atomic E-state index is 4.18. The van der Waals surface area contributed by atoms with Gasteiger partial charge in [-0.2, -0.15) is 5.10 Å². The zero-order chi connectivity index (χ0) is 10.3. The molecule has 0 saturated carbocycles. The molecule has 15 heavy (non-hydrogen) atoms. The molecule has 76 valence electrons. The van der Waals surface area contributed by atoms with Crippen molar-refractivity contribution in [1.82, 2.24) is 9.78 Å². The van der Waals surface area contributed by atoms with E-state index in [-0.39, 0.29) is 0 Å². The molecule has 0 spiro atoms. The highest BCUT2D eigenvalue weighted by Crippen LogP contribution is 2.28. The highest BCUT2D eigenvalue weighted by Gasteiger charge is 2.11. The molecule has 3 heteroatoms. The maximum Gasteiger partial charge on any atom is 0.0679 e. The summed E-state index contributed by atoms with van der Waals surface area (Å²) in [6.07, 6.45) is 2.97. The molecule has 1 aliphatic heterocycles. The van der Waals surface area contributed by atoms with Crippen LogP contribution in [0.2, 0.25) is 0 Å². The third-order valence-corrected chi connectivity index (χ3v) is 2.94. The van der Waals surface area contributed by atoms with Crippen molar-refractivity contribution in [1.29, 1.82) is 0 Å². The van der Waals surface area contributed by atoms with E-state index in [0.717, 1.165) is 18.7 Å². The lowest BCUT2D eigenvalue weighted by Crippen LogP contribution is -1.94. The Hall–Kier alpha value is -1.77. The summed E-state index contributed by atoms with van der Waals surface area (Å²) in [6, 6.07) is 8.62. The quantitative estimate of drug-likeness (QED) is 0.761. The second kappa shape index (κ2) is 3.12. The summed E-state index contributed by atoms with van der Waals surface area (Å²) in [5, 5.41) is 7.58. The minimum Gasteiger partial charge on any atom is -0.384 e. The minimum absolute atomic E-state index is 1.06. The van der Waals surface area contributed by atoms with Crippen molar-refractivity contribution in [3.63, 3.8) is 0 Å². The number of hydrogen-bond acceptors (Lipinski definition) is 2. The van der Waals surface area contributed by atoms with Crippen LogP contribution in [0, 0.1) is 0 Å². The fraction of sp³-hybridized carbons (Fsp3) is 0.250. The van der Waals surface area contributed by atoms with E-state index in [2.05, 4.69) is 28.6 Å². The van der Waals surface area contributed by atoms with Gasteiger partial charge in [0.05, 0.1) is 5.69 Å². The number of hydrogen-bond donors (Lipinski definition) is 1. The van der Waals surface area contributed by atoms with E-state index in [0.29, 0.717) is 0 Å². The predicted octanol–water partition coefficient (Wildman–Crippen LogP) is 2.06. The SMILES string of the molecule is Cn1nccc1-c1ccc2c(c1)NCC2. The lowest BCUT2D eigenvalue weighted by atomic mass is 10.1. The first kappa shape index (κ1) is 8.53. The van der Waals surface area contributed by atoms with Gasteiger partial charge in [0.1, 0.15) is 0 Å².